The van der Waals surface area contributed by atoms with E-state index in [4.69, 9.17) is 4.74 Å². The summed E-state index contributed by atoms with van der Waals surface area (Å²) in [4.78, 5) is 4.41. The van der Waals surface area contributed by atoms with Crippen LogP contribution in [0.15, 0.2) is 29.5 Å². The van der Waals surface area contributed by atoms with Crippen LogP contribution < -0.4 is 10.6 Å². The number of nitrogens with one attached hydrogen (secondary N) is 2. The van der Waals surface area contributed by atoms with Crippen LogP contribution in [0.25, 0.3) is 0 Å². The summed E-state index contributed by atoms with van der Waals surface area (Å²) in [6.45, 7) is 2.78. The van der Waals surface area contributed by atoms with E-state index in [9.17, 15) is 0 Å². The lowest BCUT2D eigenvalue weighted by atomic mass is 9.46. The van der Waals surface area contributed by atoms with Crippen LogP contribution in [0, 0.1) is 11.3 Å². The molecule has 0 bridgehead atoms. The van der Waals surface area contributed by atoms with Crippen molar-refractivity contribution in [2.75, 3.05) is 20.2 Å². The van der Waals surface area contributed by atoms with Gasteiger partial charge in [-0.3, -0.25) is 4.99 Å². The Morgan fingerprint density at radius 1 is 1.35 bits per heavy atom. The largest absolute Gasteiger partial charge is 0.377 e. The Labute approximate surface area is 155 Å². The minimum atomic E-state index is 0. The van der Waals surface area contributed by atoms with Crippen LogP contribution in [0.3, 0.4) is 0 Å². The minimum absolute atomic E-state index is 0. The Kier molecular flexibility index (Phi) is 5.20. The highest BCUT2D eigenvalue weighted by molar-refractivity contribution is 14.0. The second kappa shape index (κ2) is 7.01. The summed E-state index contributed by atoms with van der Waals surface area (Å²) < 4.78 is 8.16. The Hall–Kier alpha value is -0.760. The lowest BCUT2D eigenvalue weighted by molar-refractivity contribution is -0.171. The van der Waals surface area contributed by atoms with Crippen molar-refractivity contribution >= 4 is 29.9 Å². The van der Waals surface area contributed by atoms with Crippen molar-refractivity contribution in [1.29, 1.82) is 0 Å². The molecule has 2 N–H and O–H groups in total. The van der Waals surface area contributed by atoms with Gasteiger partial charge in [0.25, 0.3) is 0 Å². The van der Waals surface area contributed by atoms with Gasteiger partial charge in [0.1, 0.15) is 0 Å². The molecule has 2 aliphatic carbocycles. The summed E-state index contributed by atoms with van der Waals surface area (Å²) in [6.07, 6.45) is 9.87. The summed E-state index contributed by atoms with van der Waals surface area (Å²) >= 11 is 0. The third-order valence-electron chi connectivity index (χ3n) is 5.88. The fourth-order valence-electron chi connectivity index (χ4n) is 4.62. The summed E-state index contributed by atoms with van der Waals surface area (Å²) in [5, 5.41) is 7.15. The first-order valence-electron chi connectivity index (χ1n) is 8.53. The second-order valence-corrected chi connectivity index (χ2v) is 6.87. The molecule has 3 aliphatic rings. The van der Waals surface area contributed by atoms with Crippen molar-refractivity contribution in [3.8, 4) is 0 Å². The van der Waals surface area contributed by atoms with Gasteiger partial charge in [0.15, 0.2) is 5.96 Å². The Balaban J connectivity index is 0.00000156. The summed E-state index contributed by atoms with van der Waals surface area (Å²) in [5.41, 5.74) is 0.402. The fourth-order valence-corrected chi connectivity index (χ4v) is 4.62. The molecule has 5 nitrogen and oxygen atoms in total. The van der Waals surface area contributed by atoms with Gasteiger partial charge in [-0.1, -0.05) is 6.42 Å². The van der Waals surface area contributed by atoms with E-state index in [0.717, 1.165) is 25.7 Å². The molecule has 1 aliphatic heterocycles. The number of aromatic nitrogens is 1. The van der Waals surface area contributed by atoms with Gasteiger partial charge >= 0.3 is 0 Å². The molecular formula is C17H27IN4O. The first-order chi connectivity index (χ1) is 10.8. The van der Waals surface area contributed by atoms with Gasteiger partial charge in [0.05, 0.1) is 6.10 Å². The zero-order valence-corrected chi connectivity index (χ0v) is 16.0. The Morgan fingerprint density at radius 3 is 2.78 bits per heavy atom. The molecule has 3 atom stereocenters. The zero-order chi connectivity index (χ0) is 15.0. The molecule has 3 unspecified atom stereocenters. The number of rotatable bonds is 4. The molecule has 1 saturated heterocycles. The quantitative estimate of drug-likeness (QED) is 0.438. The number of halogens is 1. The smallest absolute Gasteiger partial charge is 0.191 e. The van der Waals surface area contributed by atoms with Crippen LogP contribution in [-0.4, -0.2) is 42.9 Å². The third kappa shape index (κ3) is 2.88. The first kappa shape index (κ1) is 17.1. The predicted molar refractivity (Wildman–Crippen MR) is 102 cm³/mol. The average Bonchev–Trinajstić information content (AvgIpc) is 3.11. The van der Waals surface area contributed by atoms with Crippen LogP contribution in [0.2, 0.25) is 0 Å². The number of aliphatic imine (C=N–C) groups is 1. The maximum Gasteiger partial charge on any atom is 0.191 e. The van der Waals surface area contributed by atoms with Gasteiger partial charge in [-0.25, -0.2) is 0 Å². The van der Waals surface area contributed by atoms with Gasteiger partial charge in [-0.2, -0.15) is 0 Å². The SMILES string of the molecule is CN=C(NCCn1cccc1)NC1C2CCOC2C12CCC2.I. The van der Waals surface area contributed by atoms with Crippen LogP contribution >= 0.6 is 24.0 Å². The van der Waals surface area contributed by atoms with E-state index < -0.39 is 0 Å². The number of guanidine groups is 1. The van der Waals surface area contributed by atoms with Crippen molar-refractivity contribution in [2.45, 2.75) is 44.4 Å². The first-order valence-corrected chi connectivity index (χ1v) is 8.53. The highest BCUT2D eigenvalue weighted by atomic mass is 127. The van der Waals surface area contributed by atoms with E-state index in [1.807, 2.05) is 7.05 Å². The Bertz CT molecular complexity index is 541. The van der Waals surface area contributed by atoms with E-state index in [2.05, 4.69) is 44.7 Å². The summed E-state index contributed by atoms with van der Waals surface area (Å²) in [6, 6.07) is 4.66. The second-order valence-electron chi connectivity index (χ2n) is 6.87. The number of fused-ring (bicyclic) bond motifs is 2. The Morgan fingerprint density at radius 2 is 2.13 bits per heavy atom. The average molecular weight is 430 g/mol. The predicted octanol–water partition coefficient (Wildman–Crippen LogP) is 2.23. The van der Waals surface area contributed by atoms with Crippen molar-refractivity contribution < 1.29 is 4.74 Å². The molecule has 1 aromatic rings. The van der Waals surface area contributed by atoms with Gasteiger partial charge < -0.3 is 19.9 Å². The molecule has 4 rings (SSSR count). The number of hydrogen-bond acceptors (Lipinski definition) is 2. The molecule has 1 aromatic heterocycles. The fraction of sp³-hybridized carbons (Fsp3) is 0.706. The number of hydrogen-bond donors (Lipinski definition) is 2. The normalized spacial score (nSPS) is 30.8. The van der Waals surface area contributed by atoms with Crippen molar-refractivity contribution in [3.05, 3.63) is 24.5 Å². The van der Waals surface area contributed by atoms with E-state index >= 15 is 0 Å². The van der Waals surface area contributed by atoms with Gasteiger partial charge in [-0.15, -0.1) is 24.0 Å². The lowest BCUT2D eigenvalue weighted by Crippen LogP contribution is -2.72. The molecule has 6 heteroatoms. The minimum Gasteiger partial charge on any atom is -0.377 e. The monoisotopic (exact) mass is 430 g/mol. The molecule has 23 heavy (non-hydrogen) atoms. The van der Waals surface area contributed by atoms with E-state index in [1.165, 1.54) is 25.7 Å². The van der Waals surface area contributed by atoms with Gasteiger partial charge in [0, 0.05) is 56.5 Å². The van der Waals surface area contributed by atoms with Crippen molar-refractivity contribution in [2.24, 2.45) is 16.3 Å². The standard InChI is InChI=1S/C17H26N4O.HI/c1-18-16(19-8-11-21-9-2-3-10-21)20-14-13-5-12-22-15(13)17(14)6-4-7-17;/h2-3,9-10,13-15H,4-8,11-12H2,1H3,(H2,18,19,20);1H. The zero-order valence-electron chi connectivity index (χ0n) is 13.7. The van der Waals surface area contributed by atoms with Gasteiger partial charge in [-0.05, 0) is 31.4 Å². The van der Waals surface area contributed by atoms with Crippen LogP contribution in [0.4, 0.5) is 0 Å². The molecule has 0 radical (unpaired) electrons. The van der Waals surface area contributed by atoms with Crippen molar-refractivity contribution in [3.63, 3.8) is 0 Å². The molecular weight excluding hydrogens is 403 g/mol. The van der Waals surface area contributed by atoms with E-state index in [1.54, 1.807) is 0 Å². The third-order valence-corrected chi connectivity index (χ3v) is 5.88. The molecule has 2 heterocycles. The van der Waals surface area contributed by atoms with Crippen molar-refractivity contribution in [1.82, 2.24) is 15.2 Å². The highest BCUT2D eigenvalue weighted by Gasteiger charge is 2.66. The molecule has 2 saturated carbocycles. The summed E-state index contributed by atoms with van der Waals surface area (Å²) in [7, 11) is 1.86. The molecule has 0 amide bonds. The lowest BCUT2D eigenvalue weighted by Gasteiger charge is -2.63. The molecule has 3 fully saturated rings. The molecule has 0 aromatic carbocycles. The summed E-state index contributed by atoms with van der Waals surface area (Å²) in [5.74, 6) is 1.62. The molecule has 128 valence electrons. The van der Waals surface area contributed by atoms with E-state index in [-0.39, 0.29) is 24.0 Å². The molecule has 1 spiro atoms. The number of nitrogens with zero attached hydrogens (tertiary/aromatic N) is 2. The van der Waals surface area contributed by atoms with Gasteiger partial charge in [0.2, 0.25) is 0 Å². The number of ether oxygens (including phenoxy) is 1. The highest BCUT2D eigenvalue weighted by Crippen LogP contribution is 2.62. The maximum atomic E-state index is 5.98. The van der Waals surface area contributed by atoms with Crippen LogP contribution in [-0.2, 0) is 11.3 Å². The van der Waals surface area contributed by atoms with Crippen LogP contribution in [0.5, 0.6) is 0 Å². The van der Waals surface area contributed by atoms with E-state index in [0.29, 0.717) is 23.5 Å². The van der Waals surface area contributed by atoms with Crippen LogP contribution in [0.1, 0.15) is 25.7 Å². The maximum absolute atomic E-state index is 5.98. The topological polar surface area (TPSA) is 50.6 Å².